The van der Waals surface area contributed by atoms with Crippen LogP contribution in [-0.4, -0.2) is 26.3 Å². The van der Waals surface area contributed by atoms with Crippen LogP contribution >= 0.6 is 38.5 Å². The Labute approximate surface area is 149 Å². The van der Waals surface area contributed by atoms with Crippen molar-refractivity contribution >= 4 is 50.6 Å². The zero-order chi connectivity index (χ0) is 16.1. The summed E-state index contributed by atoms with van der Waals surface area (Å²) in [5.41, 5.74) is 2.80. The van der Waals surface area contributed by atoms with Gasteiger partial charge in [0.2, 0.25) is 0 Å². The molecule has 1 aromatic carbocycles. The van der Waals surface area contributed by atoms with E-state index in [9.17, 15) is 4.79 Å². The van der Waals surface area contributed by atoms with Gasteiger partial charge in [-0.05, 0) is 28.1 Å². The highest BCUT2D eigenvalue weighted by molar-refractivity contribution is 14.1. The average Bonchev–Trinajstić information content (AvgIpc) is 2.84. The van der Waals surface area contributed by atoms with Crippen LogP contribution in [0.4, 0.5) is 0 Å². The number of furan rings is 1. The van der Waals surface area contributed by atoms with Crippen LogP contribution in [0, 0.1) is 3.77 Å². The quantitative estimate of drug-likeness (QED) is 0.406. The Morgan fingerprint density at radius 3 is 2.41 bits per heavy atom. The molecule has 6 nitrogen and oxygen atoms in total. The lowest BCUT2D eigenvalue weighted by Gasteiger charge is -2.07. The van der Waals surface area contributed by atoms with Crippen molar-refractivity contribution in [3.63, 3.8) is 0 Å². The Kier molecular flexibility index (Phi) is 5.83. The molecule has 1 N–H and O–H groups in total. The van der Waals surface area contributed by atoms with Gasteiger partial charge in [0.15, 0.2) is 3.77 Å². The number of hydrogen-bond acceptors (Lipinski definition) is 5. The van der Waals surface area contributed by atoms with Crippen molar-refractivity contribution in [1.29, 1.82) is 0 Å². The summed E-state index contributed by atoms with van der Waals surface area (Å²) in [7, 11) is 3.04. The van der Waals surface area contributed by atoms with E-state index in [1.807, 2.05) is 22.6 Å². The molecule has 2 aromatic rings. The lowest BCUT2D eigenvalue weighted by molar-refractivity contribution is 0.0954. The topological polar surface area (TPSA) is 73.1 Å². The van der Waals surface area contributed by atoms with E-state index in [0.717, 1.165) is 4.47 Å². The summed E-state index contributed by atoms with van der Waals surface area (Å²) in [4.78, 5) is 12.1. The predicted molar refractivity (Wildman–Crippen MR) is 93.7 cm³/mol. The molecule has 116 valence electrons. The van der Waals surface area contributed by atoms with E-state index in [1.54, 1.807) is 24.3 Å². The van der Waals surface area contributed by atoms with Gasteiger partial charge in [0.05, 0.1) is 24.9 Å². The number of nitrogens with zero attached hydrogens (tertiary/aromatic N) is 1. The Morgan fingerprint density at radius 1 is 1.27 bits per heavy atom. The first-order valence-corrected chi connectivity index (χ1v) is 7.92. The van der Waals surface area contributed by atoms with Gasteiger partial charge < -0.3 is 13.9 Å². The molecule has 1 amide bonds. The maximum absolute atomic E-state index is 12.1. The minimum Gasteiger partial charge on any atom is -0.497 e. The number of amides is 1. The maximum Gasteiger partial charge on any atom is 0.271 e. The normalized spacial score (nSPS) is 10.7. The van der Waals surface area contributed by atoms with Crippen LogP contribution in [0.3, 0.4) is 0 Å². The first kappa shape index (κ1) is 16.8. The van der Waals surface area contributed by atoms with E-state index in [1.165, 1.54) is 20.4 Å². The molecule has 0 saturated heterocycles. The number of carbonyl (C=O) groups is 1. The van der Waals surface area contributed by atoms with Crippen molar-refractivity contribution in [2.24, 2.45) is 5.10 Å². The number of benzene rings is 1. The van der Waals surface area contributed by atoms with Gasteiger partial charge in [0.25, 0.3) is 5.91 Å². The Balaban J connectivity index is 2.08. The van der Waals surface area contributed by atoms with E-state index >= 15 is 0 Å². The molecule has 1 heterocycles. The van der Waals surface area contributed by atoms with E-state index in [4.69, 9.17) is 13.9 Å². The molecule has 8 heteroatoms. The first-order chi connectivity index (χ1) is 10.5. The number of methoxy groups -OCH3 is 2. The third-order valence-corrected chi connectivity index (χ3v) is 4.77. The number of hydrazone groups is 1. The van der Waals surface area contributed by atoms with Gasteiger partial charge in [-0.2, -0.15) is 5.10 Å². The minimum atomic E-state index is -0.381. The van der Waals surface area contributed by atoms with Gasteiger partial charge in [-0.15, -0.1) is 0 Å². The van der Waals surface area contributed by atoms with Crippen molar-refractivity contribution in [2.45, 2.75) is 0 Å². The molecule has 0 atom stereocenters. The van der Waals surface area contributed by atoms with E-state index in [2.05, 4.69) is 26.5 Å². The molecular weight excluding hydrogens is 467 g/mol. The summed E-state index contributed by atoms with van der Waals surface area (Å²) in [5, 5.41) is 3.86. The monoisotopic (exact) mass is 478 g/mol. The number of ether oxygens (including phenoxy) is 2. The third-order valence-electron chi connectivity index (χ3n) is 2.64. The summed E-state index contributed by atoms with van der Waals surface area (Å²) < 4.78 is 17.2. The third kappa shape index (κ3) is 4.23. The molecule has 0 aliphatic heterocycles. The van der Waals surface area contributed by atoms with E-state index in [0.29, 0.717) is 26.6 Å². The molecule has 0 bridgehead atoms. The predicted octanol–water partition coefficient (Wildman–Crippen LogP) is 3.43. The van der Waals surface area contributed by atoms with Crippen molar-refractivity contribution < 1.29 is 18.7 Å². The van der Waals surface area contributed by atoms with Crippen molar-refractivity contribution in [3.05, 3.63) is 43.8 Å². The molecule has 0 radical (unpaired) electrons. The standard InChI is InChI=1S/C14H12BrIN2O4/c1-20-9-3-8(4-10(5-9)21-2)14(19)18-17-7-11-6-12(15)13(16)22-11/h3-7H,1-2H3,(H,18,19)/b17-7-. The Morgan fingerprint density at radius 2 is 1.91 bits per heavy atom. The second-order valence-corrected chi connectivity index (χ2v) is 5.90. The summed E-state index contributed by atoms with van der Waals surface area (Å²) in [6.07, 6.45) is 1.42. The van der Waals surface area contributed by atoms with Crippen molar-refractivity contribution in [3.8, 4) is 11.5 Å². The van der Waals surface area contributed by atoms with Crippen LogP contribution in [-0.2, 0) is 0 Å². The van der Waals surface area contributed by atoms with Gasteiger partial charge in [-0.3, -0.25) is 4.79 Å². The van der Waals surface area contributed by atoms with Crippen LogP contribution in [0.2, 0.25) is 0 Å². The number of halogens is 2. The highest BCUT2D eigenvalue weighted by atomic mass is 127. The second kappa shape index (κ2) is 7.63. The summed E-state index contributed by atoms with van der Waals surface area (Å²) >= 11 is 5.37. The molecule has 0 aliphatic rings. The maximum atomic E-state index is 12.1. The Hall–Kier alpha value is -1.55. The van der Waals surface area contributed by atoms with Crippen molar-refractivity contribution in [2.75, 3.05) is 14.2 Å². The fourth-order valence-corrected chi connectivity index (χ4v) is 2.30. The van der Waals surface area contributed by atoms with Gasteiger partial charge in [0.1, 0.15) is 17.3 Å². The molecule has 2 rings (SSSR count). The summed E-state index contributed by atoms with van der Waals surface area (Å²) in [5.74, 6) is 1.20. The molecule has 0 aliphatic carbocycles. The van der Waals surface area contributed by atoms with Gasteiger partial charge in [-0.25, -0.2) is 5.43 Å². The van der Waals surface area contributed by atoms with Crippen LogP contribution in [0.1, 0.15) is 16.1 Å². The first-order valence-electron chi connectivity index (χ1n) is 6.04. The zero-order valence-corrected chi connectivity index (χ0v) is 15.5. The largest absolute Gasteiger partial charge is 0.497 e. The van der Waals surface area contributed by atoms with Gasteiger partial charge in [-0.1, -0.05) is 0 Å². The highest BCUT2D eigenvalue weighted by Crippen LogP contribution is 2.23. The Bertz CT molecular complexity index is 673. The van der Waals surface area contributed by atoms with Crippen LogP contribution < -0.4 is 14.9 Å². The van der Waals surface area contributed by atoms with Gasteiger partial charge in [0, 0.05) is 40.3 Å². The molecule has 0 fully saturated rings. The molecule has 1 aromatic heterocycles. The number of hydrogen-bond donors (Lipinski definition) is 1. The SMILES string of the molecule is COc1cc(OC)cc(C(=O)N/N=C\c2cc(Br)c(I)o2)c1. The smallest absolute Gasteiger partial charge is 0.271 e. The fourth-order valence-electron chi connectivity index (χ4n) is 1.58. The van der Waals surface area contributed by atoms with E-state index < -0.39 is 0 Å². The van der Waals surface area contributed by atoms with Gasteiger partial charge >= 0.3 is 0 Å². The number of carbonyl (C=O) groups excluding carboxylic acids is 1. The van der Waals surface area contributed by atoms with Crippen molar-refractivity contribution in [1.82, 2.24) is 5.43 Å². The van der Waals surface area contributed by atoms with Crippen LogP contribution in [0.5, 0.6) is 11.5 Å². The fraction of sp³-hybridized carbons (Fsp3) is 0.143. The minimum absolute atomic E-state index is 0.378. The number of rotatable bonds is 5. The van der Waals surface area contributed by atoms with Crippen LogP contribution in [0.15, 0.2) is 38.3 Å². The highest BCUT2D eigenvalue weighted by Gasteiger charge is 2.09. The average molecular weight is 479 g/mol. The lowest BCUT2D eigenvalue weighted by Crippen LogP contribution is -2.17. The van der Waals surface area contributed by atoms with E-state index in [-0.39, 0.29) is 5.91 Å². The molecule has 0 unspecified atom stereocenters. The molecule has 0 spiro atoms. The lowest BCUT2D eigenvalue weighted by atomic mass is 10.2. The molecular formula is C14H12BrIN2O4. The molecule has 22 heavy (non-hydrogen) atoms. The number of nitrogens with one attached hydrogen (secondary N) is 1. The summed E-state index contributed by atoms with van der Waals surface area (Å²) in [6.45, 7) is 0. The van der Waals surface area contributed by atoms with Crippen LogP contribution in [0.25, 0.3) is 0 Å². The zero-order valence-electron chi connectivity index (χ0n) is 11.7. The molecule has 0 saturated carbocycles. The summed E-state index contributed by atoms with van der Waals surface area (Å²) in [6, 6.07) is 6.63. The second-order valence-electron chi connectivity index (χ2n) is 4.07.